The largest absolute Gasteiger partial charge is 0.463 e. The van der Waals surface area contributed by atoms with Gasteiger partial charge in [-0.3, -0.25) is 4.79 Å². The van der Waals surface area contributed by atoms with Crippen LogP contribution in [0.3, 0.4) is 0 Å². The van der Waals surface area contributed by atoms with Crippen molar-refractivity contribution in [1.82, 2.24) is 0 Å². The van der Waals surface area contributed by atoms with Crippen LogP contribution >= 0.6 is 0 Å². The van der Waals surface area contributed by atoms with E-state index in [-0.39, 0.29) is 0 Å². The monoisotopic (exact) mass is 203 g/mol. The smallest absolute Gasteiger partial charge is 0.376 e. The van der Waals surface area contributed by atoms with Gasteiger partial charge in [0.15, 0.2) is 0 Å². The van der Waals surface area contributed by atoms with Gasteiger partial charge in [-0.25, -0.2) is 4.79 Å². The maximum Gasteiger partial charge on any atom is 0.376 e. The van der Waals surface area contributed by atoms with Crippen LogP contribution in [0.15, 0.2) is 30.3 Å². The van der Waals surface area contributed by atoms with Crippen LogP contribution in [0, 0.1) is 11.3 Å². The summed E-state index contributed by atoms with van der Waals surface area (Å²) in [5.41, 5.74) is 0.496. The second-order valence-electron chi connectivity index (χ2n) is 2.83. The van der Waals surface area contributed by atoms with Crippen molar-refractivity contribution in [2.45, 2.75) is 5.92 Å². The molecule has 0 bridgehead atoms. The fourth-order valence-electron chi connectivity index (χ4n) is 1.15. The normalized spacial score (nSPS) is 11.2. The van der Waals surface area contributed by atoms with Crippen molar-refractivity contribution in [3.05, 3.63) is 35.9 Å². The number of nitriles is 1. The Kier molecular flexibility index (Phi) is 3.58. The second-order valence-corrected chi connectivity index (χ2v) is 2.83. The Hall–Kier alpha value is -2.15. The highest BCUT2D eigenvalue weighted by atomic mass is 16.5. The van der Waals surface area contributed by atoms with Gasteiger partial charge in [0.2, 0.25) is 0 Å². The van der Waals surface area contributed by atoms with Crippen LogP contribution in [0.4, 0.5) is 0 Å². The number of esters is 1. The minimum atomic E-state index is -1.08. The van der Waals surface area contributed by atoms with Crippen LogP contribution in [0.25, 0.3) is 0 Å². The average Bonchev–Trinajstić information content (AvgIpc) is 2.30. The van der Waals surface area contributed by atoms with Crippen LogP contribution in [0.1, 0.15) is 11.5 Å². The summed E-state index contributed by atoms with van der Waals surface area (Å²) in [6.45, 7) is 0. The topological polar surface area (TPSA) is 67.2 Å². The van der Waals surface area contributed by atoms with Gasteiger partial charge >= 0.3 is 5.97 Å². The van der Waals surface area contributed by atoms with E-state index < -0.39 is 17.7 Å². The minimum Gasteiger partial charge on any atom is -0.463 e. The highest BCUT2D eigenvalue weighted by molar-refractivity contribution is 6.36. The molecule has 76 valence electrons. The summed E-state index contributed by atoms with van der Waals surface area (Å²) < 4.78 is 4.28. The summed E-state index contributed by atoms with van der Waals surface area (Å²) in [4.78, 5) is 22.4. The van der Waals surface area contributed by atoms with E-state index in [1.165, 1.54) is 0 Å². The molecule has 1 unspecified atom stereocenters. The molecule has 0 aliphatic heterocycles. The number of benzene rings is 1. The van der Waals surface area contributed by atoms with Crippen molar-refractivity contribution < 1.29 is 14.3 Å². The molecule has 1 rings (SSSR count). The van der Waals surface area contributed by atoms with E-state index in [0.29, 0.717) is 5.56 Å². The molecule has 1 aromatic carbocycles. The maximum absolute atomic E-state index is 11.4. The third kappa shape index (κ3) is 2.41. The van der Waals surface area contributed by atoms with Crippen LogP contribution < -0.4 is 0 Å². The highest BCUT2D eigenvalue weighted by Crippen LogP contribution is 2.15. The van der Waals surface area contributed by atoms with E-state index in [4.69, 9.17) is 5.26 Å². The molecule has 0 aromatic heterocycles. The molecule has 0 fully saturated rings. The van der Waals surface area contributed by atoms with E-state index in [2.05, 4.69) is 4.74 Å². The number of methoxy groups -OCH3 is 1. The lowest BCUT2D eigenvalue weighted by molar-refractivity contribution is -0.151. The van der Waals surface area contributed by atoms with E-state index in [1.54, 1.807) is 36.4 Å². The van der Waals surface area contributed by atoms with E-state index in [0.717, 1.165) is 7.11 Å². The Morgan fingerprint density at radius 3 is 2.40 bits per heavy atom. The molecule has 0 aliphatic rings. The van der Waals surface area contributed by atoms with Crippen LogP contribution in [-0.4, -0.2) is 18.9 Å². The Labute approximate surface area is 87.1 Å². The van der Waals surface area contributed by atoms with Gasteiger partial charge in [0.05, 0.1) is 13.2 Å². The first-order valence-corrected chi connectivity index (χ1v) is 4.27. The van der Waals surface area contributed by atoms with Gasteiger partial charge in [0.25, 0.3) is 5.78 Å². The molecular formula is C11H9NO3. The summed E-state index contributed by atoms with van der Waals surface area (Å²) in [6.07, 6.45) is 0. The van der Waals surface area contributed by atoms with Gasteiger partial charge < -0.3 is 4.74 Å². The summed E-state index contributed by atoms with van der Waals surface area (Å²) in [5.74, 6) is -2.92. The molecule has 15 heavy (non-hydrogen) atoms. The van der Waals surface area contributed by atoms with Gasteiger partial charge in [-0.1, -0.05) is 30.3 Å². The Bertz CT molecular complexity index is 406. The molecule has 0 saturated heterocycles. The number of ether oxygens (including phenoxy) is 1. The second kappa shape index (κ2) is 4.91. The number of rotatable bonds is 3. The first-order valence-electron chi connectivity index (χ1n) is 4.27. The lowest BCUT2D eigenvalue weighted by atomic mass is 9.96. The number of Topliss-reactive ketones (excluding diaryl/α,β-unsaturated/α-hetero) is 1. The standard InChI is InChI=1S/C11H9NO3/c1-15-11(14)10(13)9(7-12)8-5-3-2-4-6-8/h2-6,9H,1H3. The molecule has 0 N–H and O–H groups in total. The fraction of sp³-hybridized carbons (Fsp3) is 0.182. The number of hydrogen-bond donors (Lipinski definition) is 0. The van der Waals surface area contributed by atoms with Crippen molar-refractivity contribution in [2.75, 3.05) is 7.11 Å². The molecule has 0 heterocycles. The van der Waals surface area contributed by atoms with Crippen molar-refractivity contribution in [3.8, 4) is 6.07 Å². The van der Waals surface area contributed by atoms with Crippen LogP contribution in [-0.2, 0) is 14.3 Å². The van der Waals surface area contributed by atoms with Gasteiger partial charge in [0, 0.05) is 0 Å². The zero-order valence-corrected chi connectivity index (χ0v) is 8.14. The van der Waals surface area contributed by atoms with Crippen molar-refractivity contribution in [2.24, 2.45) is 0 Å². The predicted octanol–water partition coefficient (Wildman–Crippen LogP) is 1.04. The third-order valence-corrected chi connectivity index (χ3v) is 1.91. The molecular weight excluding hydrogens is 194 g/mol. The lowest BCUT2D eigenvalue weighted by Crippen LogP contribution is -2.22. The van der Waals surface area contributed by atoms with Crippen molar-refractivity contribution in [1.29, 1.82) is 5.26 Å². The summed E-state index contributed by atoms with van der Waals surface area (Å²) in [5, 5.41) is 8.82. The Balaban J connectivity index is 2.97. The van der Waals surface area contributed by atoms with Crippen LogP contribution in [0.5, 0.6) is 0 Å². The number of ketones is 1. The Morgan fingerprint density at radius 2 is 1.93 bits per heavy atom. The average molecular weight is 203 g/mol. The summed E-state index contributed by atoms with van der Waals surface area (Å²) in [7, 11) is 1.11. The number of carbonyl (C=O) groups excluding carboxylic acids is 2. The van der Waals surface area contributed by atoms with Gasteiger partial charge in [-0.15, -0.1) is 0 Å². The quantitative estimate of drug-likeness (QED) is 0.543. The predicted molar refractivity (Wildman–Crippen MR) is 51.8 cm³/mol. The van der Waals surface area contributed by atoms with Crippen molar-refractivity contribution in [3.63, 3.8) is 0 Å². The SMILES string of the molecule is COC(=O)C(=O)C(C#N)c1ccccc1. The van der Waals surface area contributed by atoms with E-state index in [1.807, 2.05) is 0 Å². The molecule has 0 spiro atoms. The number of hydrogen-bond acceptors (Lipinski definition) is 4. The Morgan fingerprint density at radius 1 is 1.33 bits per heavy atom. The molecule has 0 amide bonds. The molecule has 4 nitrogen and oxygen atoms in total. The fourth-order valence-corrected chi connectivity index (χ4v) is 1.15. The zero-order valence-electron chi connectivity index (χ0n) is 8.14. The summed E-state index contributed by atoms with van der Waals surface area (Å²) >= 11 is 0. The number of carbonyl (C=O) groups is 2. The highest BCUT2D eigenvalue weighted by Gasteiger charge is 2.27. The molecule has 1 atom stereocenters. The maximum atomic E-state index is 11.4. The van der Waals surface area contributed by atoms with Crippen LogP contribution in [0.2, 0.25) is 0 Å². The molecule has 0 aliphatic carbocycles. The van der Waals surface area contributed by atoms with Gasteiger partial charge in [-0.2, -0.15) is 5.26 Å². The molecule has 1 aromatic rings. The van der Waals surface area contributed by atoms with Gasteiger partial charge in [-0.05, 0) is 5.56 Å². The lowest BCUT2D eigenvalue weighted by Gasteiger charge is -2.05. The third-order valence-electron chi connectivity index (χ3n) is 1.91. The molecule has 4 heteroatoms. The molecule has 0 saturated carbocycles. The first kappa shape index (κ1) is 10.9. The minimum absolute atomic E-state index is 0.496. The van der Waals surface area contributed by atoms with E-state index >= 15 is 0 Å². The van der Waals surface area contributed by atoms with E-state index in [9.17, 15) is 9.59 Å². The molecule has 0 radical (unpaired) electrons. The first-order chi connectivity index (χ1) is 7.20. The number of nitrogens with zero attached hydrogens (tertiary/aromatic N) is 1. The van der Waals surface area contributed by atoms with Gasteiger partial charge in [0.1, 0.15) is 5.92 Å². The summed E-state index contributed by atoms with van der Waals surface area (Å²) in [6, 6.07) is 10.2. The van der Waals surface area contributed by atoms with Crippen molar-refractivity contribution >= 4 is 11.8 Å². The zero-order chi connectivity index (χ0) is 11.3.